The van der Waals surface area contributed by atoms with Crippen LogP contribution in [0.3, 0.4) is 0 Å². The van der Waals surface area contributed by atoms with Crippen molar-refractivity contribution in [1.82, 2.24) is 20.4 Å². The molecular weight excluding hydrogens is 260 g/mol. The quantitative estimate of drug-likeness (QED) is 0.845. The predicted molar refractivity (Wildman–Crippen MR) is 68.5 cm³/mol. The molecule has 1 aromatic rings. The van der Waals surface area contributed by atoms with Crippen molar-refractivity contribution in [3.05, 3.63) is 12.2 Å². The van der Waals surface area contributed by atoms with Gasteiger partial charge in [0.15, 0.2) is 6.33 Å². The Bertz CT molecular complexity index is 512. The fraction of sp³-hybridized carbons (Fsp3) is 0.692. The predicted octanol–water partition coefficient (Wildman–Crippen LogP) is 0.129. The fourth-order valence-corrected chi connectivity index (χ4v) is 2.76. The van der Waals surface area contributed by atoms with E-state index in [1.807, 2.05) is 6.92 Å². The number of rotatable bonds is 4. The Morgan fingerprint density at radius 1 is 1.50 bits per heavy atom. The first kappa shape index (κ1) is 13.1. The molecule has 1 N–H and O–H groups in total. The van der Waals surface area contributed by atoms with Gasteiger partial charge in [0.2, 0.25) is 17.7 Å². The van der Waals surface area contributed by atoms with Gasteiger partial charge in [0.1, 0.15) is 5.54 Å². The summed E-state index contributed by atoms with van der Waals surface area (Å²) in [6, 6.07) is 0. The number of hydrogen-bond donors (Lipinski definition) is 1. The van der Waals surface area contributed by atoms with Crippen molar-refractivity contribution in [3.8, 4) is 0 Å². The molecule has 1 saturated heterocycles. The molecule has 3 rings (SSSR count). The van der Waals surface area contributed by atoms with Crippen LogP contribution in [0.25, 0.3) is 0 Å². The molecule has 1 unspecified atom stereocenters. The number of carbonyl (C=O) groups excluding carboxylic acids is 2. The molecule has 2 heterocycles. The summed E-state index contributed by atoms with van der Waals surface area (Å²) in [7, 11) is 0. The normalized spacial score (nSPS) is 27.4. The zero-order valence-corrected chi connectivity index (χ0v) is 11.5. The van der Waals surface area contributed by atoms with Gasteiger partial charge in [-0.15, -0.1) is 0 Å². The third-order valence-corrected chi connectivity index (χ3v) is 4.14. The monoisotopic (exact) mass is 278 g/mol. The second kappa shape index (κ2) is 4.88. The second-order valence-corrected chi connectivity index (χ2v) is 5.65. The van der Waals surface area contributed by atoms with Crippen molar-refractivity contribution in [3.63, 3.8) is 0 Å². The highest BCUT2D eigenvalue weighted by molar-refractivity contribution is 5.93. The van der Waals surface area contributed by atoms with Gasteiger partial charge >= 0.3 is 0 Å². The van der Waals surface area contributed by atoms with E-state index in [0.29, 0.717) is 31.8 Å². The molecule has 1 aliphatic carbocycles. The first-order valence-corrected chi connectivity index (χ1v) is 6.95. The molecule has 0 spiro atoms. The van der Waals surface area contributed by atoms with E-state index in [2.05, 4.69) is 15.5 Å². The number of carbonyl (C=O) groups is 2. The summed E-state index contributed by atoms with van der Waals surface area (Å²) in [5.74, 6) is 0.732. The molecule has 2 aliphatic rings. The van der Waals surface area contributed by atoms with Gasteiger partial charge < -0.3 is 14.7 Å². The van der Waals surface area contributed by atoms with Crippen LogP contribution in [0.2, 0.25) is 0 Å². The molecule has 0 radical (unpaired) electrons. The topological polar surface area (TPSA) is 88.3 Å². The lowest BCUT2D eigenvalue weighted by Gasteiger charge is -2.32. The Kier molecular flexibility index (Phi) is 3.19. The average Bonchev–Trinajstić information content (AvgIpc) is 3.17. The molecule has 1 aromatic heterocycles. The summed E-state index contributed by atoms with van der Waals surface area (Å²) in [4.78, 5) is 30.2. The van der Waals surface area contributed by atoms with Crippen LogP contribution in [0.4, 0.5) is 0 Å². The highest BCUT2D eigenvalue weighted by Crippen LogP contribution is 2.41. The van der Waals surface area contributed by atoms with Crippen LogP contribution in [0.15, 0.2) is 10.9 Å². The number of aromatic nitrogens is 2. The average molecular weight is 278 g/mol. The smallest absolute Gasteiger partial charge is 0.248 e. The molecule has 7 heteroatoms. The molecule has 2 amide bonds. The van der Waals surface area contributed by atoms with Crippen LogP contribution >= 0.6 is 0 Å². The lowest BCUT2D eigenvalue weighted by molar-refractivity contribution is -0.139. The Morgan fingerprint density at radius 2 is 2.30 bits per heavy atom. The second-order valence-electron chi connectivity index (χ2n) is 5.65. The number of nitrogens with zero attached hydrogens (tertiary/aromatic N) is 3. The summed E-state index contributed by atoms with van der Waals surface area (Å²) in [6.45, 7) is 2.79. The lowest BCUT2D eigenvalue weighted by Crippen LogP contribution is -2.56. The molecule has 1 atom stereocenters. The third-order valence-electron chi connectivity index (χ3n) is 4.14. The van der Waals surface area contributed by atoms with E-state index >= 15 is 0 Å². The van der Waals surface area contributed by atoms with Crippen LogP contribution in [-0.2, 0) is 16.0 Å². The van der Waals surface area contributed by atoms with E-state index in [9.17, 15) is 9.59 Å². The minimum atomic E-state index is -0.748. The van der Waals surface area contributed by atoms with E-state index in [0.717, 1.165) is 12.8 Å². The van der Waals surface area contributed by atoms with Crippen molar-refractivity contribution in [2.45, 2.75) is 38.1 Å². The van der Waals surface area contributed by atoms with Crippen LogP contribution in [0.5, 0.6) is 0 Å². The molecule has 0 aromatic carbocycles. The van der Waals surface area contributed by atoms with Gasteiger partial charge in [0.25, 0.3) is 0 Å². The van der Waals surface area contributed by atoms with Gasteiger partial charge in [-0.2, -0.15) is 4.98 Å². The van der Waals surface area contributed by atoms with E-state index < -0.39 is 5.54 Å². The number of hydrogen-bond acceptors (Lipinski definition) is 5. The number of nitrogens with one attached hydrogen (secondary N) is 1. The first-order chi connectivity index (χ1) is 9.59. The van der Waals surface area contributed by atoms with Gasteiger partial charge in [0.05, 0.1) is 0 Å². The summed E-state index contributed by atoms with van der Waals surface area (Å²) in [5, 5.41) is 6.45. The molecule has 1 aliphatic heterocycles. The summed E-state index contributed by atoms with van der Waals surface area (Å²) >= 11 is 0. The van der Waals surface area contributed by atoms with Crippen molar-refractivity contribution < 1.29 is 14.1 Å². The summed E-state index contributed by atoms with van der Waals surface area (Å²) < 4.78 is 4.94. The highest BCUT2D eigenvalue weighted by Gasteiger charge is 2.50. The first-order valence-electron chi connectivity index (χ1n) is 6.95. The maximum atomic E-state index is 12.7. The Balaban J connectivity index is 1.72. The molecular formula is C13H18N4O3. The van der Waals surface area contributed by atoms with Crippen molar-refractivity contribution in [2.24, 2.45) is 5.92 Å². The summed E-state index contributed by atoms with van der Waals surface area (Å²) in [5.41, 5.74) is -0.748. The SMILES string of the molecule is CC1(C2CC2)NC(=O)CCN(CCc2ncno2)C1=O. The third kappa shape index (κ3) is 2.39. The molecule has 7 nitrogen and oxygen atoms in total. The largest absolute Gasteiger partial charge is 0.342 e. The van der Waals surface area contributed by atoms with Gasteiger partial charge in [-0.25, -0.2) is 0 Å². The highest BCUT2D eigenvalue weighted by atomic mass is 16.5. The van der Waals surface area contributed by atoms with Gasteiger partial charge in [0, 0.05) is 25.9 Å². The zero-order chi connectivity index (χ0) is 14.2. The molecule has 108 valence electrons. The minimum absolute atomic E-state index is 0.00497. The van der Waals surface area contributed by atoms with E-state index in [1.165, 1.54) is 6.33 Å². The zero-order valence-electron chi connectivity index (χ0n) is 11.5. The maximum Gasteiger partial charge on any atom is 0.248 e. The van der Waals surface area contributed by atoms with E-state index in [4.69, 9.17) is 4.52 Å². The fourth-order valence-electron chi connectivity index (χ4n) is 2.76. The summed E-state index contributed by atoms with van der Waals surface area (Å²) in [6.07, 6.45) is 4.21. The minimum Gasteiger partial charge on any atom is -0.342 e. The van der Waals surface area contributed by atoms with Crippen molar-refractivity contribution in [2.75, 3.05) is 13.1 Å². The van der Waals surface area contributed by atoms with Crippen LogP contribution in [0.1, 0.15) is 32.1 Å². The van der Waals surface area contributed by atoms with Crippen LogP contribution in [0, 0.1) is 5.92 Å². The standard InChI is InChI=1S/C13H18N4O3/c1-13(9-2-3-9)12(19)17(6-4-10(18)16-13)7-5-11-14-8-15-20-11/h8-9H,2-7H2,1H3,(H,16,18). The van der Waals surface area contributed by atoms with E-state index in [1.54, 1.807) is 4.90 Å². The van der Waals surface area contributed by atoms with Crippen molar-refractivity contribution in [1.29, 1.82) is 0 Å². The Labute approximate surface area is 116 Å². The Morgan fingerprint density at radius 3 is 2.95 bits per heavy atom. The van der Waals surface area contributed by atoms with Crippen molar-refractivity contribution >= 4 is 11.8 Å². The molecule has 1 saturated carbocycles. The molecule has 2 fully saturated rings. The van der Waals surface area contributed by atoms with E-state index in [-0.39, 0.29) is 17.7 Å². The number of amides is 2. The van der Waals surface area contributed by atoms with Gasteiger partial charge in [-0.05, 0) is 25.7 Å². The lowest BCUT2D eigenvalue weighted by atomic mass is 9.94. The van der Waals surface area contributed by atoms with Crippen LogP contribution in [-0.4, -0.2) is 45.5 Å². The van der Waals surface area contributed by atoms with Crippen LogP contribution < -0.4 is 5.32 Å². The maximum absolute atomic E-state index is 12.7. The van der Waals surface area contributed by atoms with Gasteiger partial charge in [-0.3, -0.25) is 9.59 Å². The van der Waals surface area contributed by atoms with Gasteiger partial charge in [-0.1, -0.05) is 5.16 Å². The molecule has 20 heavy (non-hydrogen) atoms. The Hall–Kier alpha value is -1.92. The molecule has 0 bridgehead atoms.